The zero-order valence-corrected chi connectivity index (χ0v) is 17.1. The second-order valence-corrected chi connectivity index (χ2v) is 7.91. The van der Waals surface area contributed by atoms with Crippen LogP contribution in [0.1, 0.15) is 10.4 Å². The Kier molecular flexibility index (Phi) is 7.27. The van der Waals surface area contributed by atoms with Gasteiger partial charge >= 0.3 is 0 Å². The number of nitrogens with one attached hydrogen (secondary N) is 4. The van der Waals surface area contributed by atoms with Crippen LogP contribution in [-0.2, 0) is 9.59 Å². The first-order valence-electron chi connectivity index (χ1n) is 8.88. The van der Waals surface area contributed by atoms with Gasteiger partial charge in [-0.15, -0.1) is 11.8 Å². The van der Waals surface area contributed by atoms with Gasteiger partial charge in [0.15, 0.2) is 0 Å². The number of benzene rings is 2. The van der Waals surface area contributed by atoms with Crippen LogP contribution in [0.25, 0.3) is 0 Å². The summed E-state index contributed by atoms with van der Waals surface area (Å²) in [5.74, 6) is -2.23. The van der Waals surface area contributed by atoms with Crippen molar-refractivity contribution in [3.05, 3.63) is 64.9 Å². The Morgan fingerprint density at radius 3 is 2.53 bits per heavy atom. The number of thioether (sulfide) groups is 1. The number of halogens is 2. The average Bonchev–Trinajstić information content (AvgIpc) is 2.71. The van der Waals surface area contributed by atoms with E-state index in [4.69, 9.17) is 17.3 Å². The van der Waals surface area contributed by atoms with Crippen molar-refractivity contribution in [3.8, 4) is 0 Å². The lowest BCUT2D eigenvalue weighted by molar-refractivity contribution is -0.125. The average molecular weight is 452 g/mol. The van der Waals surface area contributed by atoms with Crippen molar-refractivity contribution >= 4 is 46.8 Å². The standard InChI is InChI=1S/C19H19ClFN5O3S/c20-10-5-7-11(8-6-10)23-14(27)9-30-19-25-16(22)15(18(29)26-19)24-17(28)12-3-1-2-4-13(12)21/h1-8,15-16,19,25H,9,22H2,(H,23,27)(H,24,28)(H,26,29). The molecule has 1 fully saturated rings. The molecule has 3 unspecified atom stereocenters. The smallest absolute Gasteiger partial charge is 0.254 e. The molecule has 1 saturated heterocycles. The molecular formula is C19H19ClFN5O3S. The lowest BCUT2D eigenvalue weighted by Gasteiger charge is -2.35. The molecule has 1 heterocycles. The topological polar surface area (TPSA) is 125 Å². The van der Waals surface area contributed by atoms with E-state index < -0.39 is 35.3 Å². The van der Waals surface area contributed by atoms with Gasteiger partial charge in [0, 0.05) is 10.7 Å². The highest BCUT2D eigenvalue weighted by Gasteiger charge is 2.35. The maximum absolute atomic E-state index is 13.7. The molecule has 8 nitrogen and oxygen atoms in total. The summed E-state index contributed by atoms with van der Waals surface area (Å²) in [7, 11) is 0. The molecule has 1 aliphatic rings. The number of rotatable bonds is 6. The molecule has 3 atom stereocenters. The van der Waals surface area contributed by atoms with Crippen LogP contribution in [0.4, 0.5) is 10.1 Å². The number of carbonyl (C=O) groups excluding carboxylic acids is 3. The molecular weight excluding hydrogens is 433 g/mol. The summed E-state index contributed by atoms with van der Waals surface area (Å²) in [4.78, 5) is 36.7. The van der Waals surface area contributed by atoms with E-state index in [1.165, 1.54) is 18.2 Å². The van der Waals surface area contributed by atoms with Gasteiger partial charge in [-0.1, -0.05) is 23.7 Å². The molecule has 3 rings (SSSR count). The third-order valence-electron chi connectivity index (χ3n) is 4.17. The van der Waals surface area contributed by atoms with Crippen LogP contribution in [0.3, 0.4) is 0 Å². The lowest BCUT2D eigenvalue weighted by atomic mass is 10.1. The number of anilines is 1. The first-order chi connectivity index (χ1) is 14.3. The molecule has 158 valence electrons. The molecule has 0 bridgehead atoms. The van der Waals surface area contributed by atoms with Crippen molar-refractivity contribution in [3.63, 3.8) is 0 Å². The summed E-state index contributed by atoms with van der Waals surface area (Å²) in [6.07, 6.45) is -0.925. The number of hydrogen-bond donors (Lipinski definition) is 5. The highest BCUT2D eigenvalue weighted by molar-refractivity contribution is 8.00. The molecule has 6 N–H and O–H groups in total. The monoisotopic (exact) mass is 451 g/mol. The van der Waals surface area contributed by atoms with Crippen LogP contribution in [0.5, 0.6) is 0 Å². The minimum atomic E-state index is -1.10. The molecule has 3 amide bonds. The molecule has 0 aliphatic carbocycles. The third kappa shape index (κ3) is 5.70. The minimum absolute atomic E-state index is 0.0412. The molecule has 0 spiro atoms. The summed E-state index contributed by atoms with van der Waals surface area (Å²) in [6, 6.07) is 11.0. The van der Waals surface area contributed by atoms with Gasteiger partial charge in [0.25, 0.3) is 5.91 Å². The molecule has 1 aliphatic heterocycles. The van der Waals surface area contributed by atoms with Gasteiger partial charge in [0.2, 0.25) is 11.8 Å². The zero-order chi connectivity index (χ0) is 21.7. The number of nitrogens with two attached hydrogens (primary N) is 1. The molecule has 0 radical (unpaired) electrons. The molecule has 30 heavy (non-hydrogen) atoms. The van der Waals surface area contributed by atoms with Gasteiger partial charge in [-0.2, -0.15) is 0 Å². The summed E-state index contributed by atoms with van der Waals surface area (Å²) in [5, 5.41) is 11.2. The Labute approximate surface area is 181 Å². The number of amides is 3. The van der Waals surface area contributed by atoms with Crippen molar-refractivity contribution in [1.29, 1.82) is 0 Å². The van der Waals surface area contributed by atoms with Crippen LogP contribution in [-0.4, -0.2) is 41.2 Å². The van der Waals surface area contributed by atoms with E-state index in [1.807, 2.05) is 0 Å². The van der Waals surface area contributed by atoms with Gasteiger partial charge in [-0.25, -0.2) is 4.39 Å². The Balaban J connectivity index is 1.50. The number of carbonyl (C=O) groups is 3. The van der Waals surface area contributed by atoms with Crippen molar-refractivity contribution in [2.45, 2.75) is 17.7 Å². The van der Waals surface area contributed by atoms with E-state index in [9.17, 15) is 18.8 Å². The lowest BCUT2D eigenvalue weighted by Crippen LogP contribution is -2.70. The second-order valence-electron chi connectivity index (χ2n) is 6.38. The van der Waals surface area contributed by atoms with Gasteiger partial charge in [0.05, 0.1) is 17.5 Å². The summed E-state index contributed by atoms with van der Waals surface area (Å²) < 4.78 is 13.7. The van der Waals surface area contributed by atoms with E-state index in [-0.39, 0.29) is 17.2 Å². The van der Waals surface area contributed by atoms with Crippen LogP contribution in [0, 0.1) is 5.82 Å². The fourth-order valence-corrected chi connectivity index (χ4v) is 3.66. The fourth-order valence-electron chi connectivity index (χ4n) is 2.69. The van der Waals surface area contributed by atoms with Gasteiger partial charge in [-0.05, 0) is 36.4 Å². The normalized spacial score (nSPS) is 20.9. The molecule has 0 saturated carbocycles. The minimum Gasteiger partial charge on any atom is -0.338 e. The van der Waals surface area contributed by atoms with Crippen molar-refractivity contribution in [2.75, 3.05) is 11.1 Å². The maximum Gasteiger partial charge on any atom is 0.254 e. The Bertz CT molecular complexity index is 946. The van der Waals surface area contributed by atoms with Gasteiger partial charge in [-0.3, -0.25) is 19.7 Å². The van der Waals surface area contributed by atoms with Crippen LogP contribution < -0.4 is 27.0 Å². The van der Waals surface area contributed by atoms with Crippen molar-refractivity contribution in [1.82, 2.24) is 16.0 Å². The fraction of sp³-hybridized carbons (Fsp3) is 0.211. The van der Waals surface area contributed by atoms with Crippen molar-refractivity contribution in [2.24, 2.45) is 5.73 Å². The SMILES string of the molecule is NC1NC(SCC(=O)Nc2ccc(Cl)cc2)NC(=O)C1NC(=O)c1ccccc1F. The van der Waals surface area contributed by atoms with E-state index in [0.717, 1.165) is 17.8 Å². The van der Waals surface area contributed by atoms with Gasteiger partial charge in [0.1, 0.15) is 17.4 Å². The summed E-state index contributed by atoms with van der Waals surface area (Å²) >= 11 is 6.92. The maximum atomic E-state index is 13.7. The molecule has 2 aromatic carbocycles. The Morgan fingerprint density at radius 2 is 1.87 bits per heavy atom. The van der Waals surface area contributed by atoms with Gasteiger partial charge < -0.3 is 21.7 Å². The third-order valence-corrected chi connectivity index (χ3v) is 5.44. The first-order valence-corrected chi connectivity index (χ1v) is 10.3. The molecule has 11 heteroatoms. The van der Waals surface area contributed by atoms with Crippen LogP contribution in [0.2, 0.25) is 5.02 Å². The first kappa shape index (κ1) is 22.0. The summed E-state index contributed by atoms with van der Waals surface area (Å²) in [6.45, 7) is 0. The van der Waals surface area contributed by atoms with E-state index in [1.54, 1.807) is 24.3 Å². The largest absolute Gasteiger partial charge is 0.338 e. The molecule has 2 aromatic rings. The highest BCUT2D eigenvalue weighted by atomic mass is 35.5. The predicted octanol–water partition coefficient (Wildman–Crippen LogP) is 1.24. The highest BCUT2D eigenvalue weighted by Crippen LogP contribution is 2.16. The quantitative estimate of drug-likeness (QED) is 0.450. The second kappa shape index (κ2) is 9.90. The summed E-state index contributed by atoms with van der Waals surface area (Å²) in [5.41, 5.74) is 5.74. The molecule has 0 aromatic heterocycles. The Morgan fingerprint density at radius 1 is 1.17 bits per heavy atom. The van der Waals surface area contributed by atoms with E-state index in [2.05, 4.69) is 21.3 Å². The van der Waals surface area contributed by atoms with Crippen LogP contribution in [0.15, 0.2) is 48.5 Å². The predicted molar refractivity (Wildman–Crippen MR) is 113 cm³/mol. The number of hydrogen-bond acceptors (Lipinski definition) is 6. The van der Waals surface area contributed by atoms with Crippen molar-refractivity contribution < 1.29 is 18.8 Å². The zero-order valence-electron chi connectivity index (χ0n) is 15.5. The Hall–Kier alpha value is -2.66. The van der Waals surface area contributed by atoms with Crippen LogP contribution >= 0.6 is 23.4 Å². The van der Waals surface area contributed by atoms with E-state index >= 15 is 0 Å². The van der Waals surface area contributed by atoms with E-state index in [0.29, 0.717) is 10.7 Å².